The van der Waals surface area contributed by atoms with E-state index in [1.54, 1.807) is 6.92 Å². The molecule has 0 amide bonds. The van der Waals surface area contributed by atoms with Crippen molar-refractivity contribution in [2.75, 3.05) is 31.1 Å². The third kappa shape index (κ3) is 3.41. The second-order valence-corrected chi connectivity index (χ2v) is 6.71. The molecule has 0 aromatic heterocycles. The summed E-state index contributed by atoms with van der Waals surface area (Å²) >= 11 is 5.94. The lowest BCUT2D eigenvalue weighted by Crippen LogP contribution is -2.49. The molecule has 1 saturated heterocycles. The molecule has 4 heteroatoms. The zero-order valence-corrected chi connectivity index (χ0v) is 13.4. The summed E-state index contributed by atoms with van der Waals surface area (Å²) in [5.41, 5.74) is 1.26. The van der Waals surface area contributed by atoms with E-state index in [9.17, 15) is 4.79 Å². The average molecular weight is 307 g/mol. The van der Waals surface area contributed by atoms with Crippen LogP contribution >= 0.6 is 11.6 Å². The first-order valence-electron chi connectivity index (χ1n) is 7.88. The Hall–Kier alpha value is -1.06. The maximum Gasteiger partial charge on any atom is 0.132 e. The quantitative estimate of drug-likeness (QED) is 0.856. The van der Waals surface area contributed by atoms with Crippen molar-refractivity contribution in [3.8, 4) is 0 Å². The van der Waals surface area contributed by atoms with Gasteiger partial charge in [0.25, 0.3) is 0 Å². The Bertz CT molecular complexity index is 494. The maximum absolute atomic E-state index is 11.5. The lowest BCUT2D eigenvalue weighted by molar-refractivity contribution is -0.120. The van der Waals surface area contributed by atoms with Gasteiger partial charge in [0.2, 0.25) is 0 Å². The highest BCUT2D eigenvalue weighted by atomic mass is 35.5. The number of piperazine rings is 1. The third-order valence-electron chi connectivity index (χ3n) is 5.00. The SMILES string of the molecule is CC(=O)[C@@H]1CC[C@H](N2CCN(c3ccc(Cl)cc3)CC2)C1. The van der Waals surface area contributed by atoms with Crippen molar-refractivity contribution in [3.05, 3.63) is 29.3 Å². The van der Waals surface area contributed by atoms with Gasteiger partial charge < -0.3 is 4.90 Å². The van der Waals surface area contributed by atoms with Crippen LogP contribution in [0.25, 0.3) is 0 Å². The zero-order valence-electron chi connectivity index (χ0n) is 12.6. The van der Waals surface area contributed by atoms with Crippen molar-refractivity contribution in [2.24, 2.45) is 5.92 Å². The van der Waals surface area contributed by atoms with Crippen LogP contribution in [-0.2, 0) is 4.79 Å². The number of carbonyl (C=O) groups is 1. The number of rotatable bonds is 3. The number of carbonyl (C=O) groups excluding carboxylic acids is 1. The number of Topliss-reactive ketones (excluding diaryl/α,β-unsaturated/α-hetero) is 1. The van der Waals surface area contributed by atoms with Gasteiger partial charge in [-0.2, -0.15) is 0 Å². The Kier molecular flexibility index (Phi) is 4.51. The lowest BCUT2D eigenvalue weighted by atomic mass is 10.0. The third-order valence-corrected chi connectivity index (χ3v) is 5.25. The molecule has 1 aromatic carbocycles. The number of halogens is 1. The van der Waals surface area contributed by atoms with Crippen LogP contribution in [0.15, 0.2) is 24.3 Å². The molecule has 1 saturated carbocycles. The molecular weight excluding hydrogens is 284 g/mol. The second kappa shape index (κ2) is 6.37. The van der Waals surface area contributed by atoms with Crippen molar-refractivity contribution >= 4 is 23.1 Å². The van der Waals surface area contributed by atoms with Crippen LogP contribution in [0.1, 0.15) is 26.2 Å². The molecule has 21 heavy (non-hydrogen) atoms. The van der Waals surface area contributed by atoms with Gasteiger partial charge in [0.05, 0.1) is 0 Å². The topological polar surface area (TPSA) is 23.6 Å². The van der Waals surface area contributed by atoms with Crippen LogP contribution in [0.4, 0.5) is 5.69 Å². The molecule has 0 N–H and O–H groups in total. The minimum Gasteiger partial charge on any atom is -0.369 e. The molecule has 1 aromatic rings. The minimum absolute atomic E-state index is 0.310. The zero-order chi connectivity index (χ0) is 14.8. The molecule has 2 fully saturated rings. The second-order valence-electron chi connectivity index (χ2n) is 6.27. The summed E-state index contributed by atoms with van der Waals surface area (Å²) in [5.74, 6) is 0.682. The molecule has 2 atom stereocenters. The van der Waals surface area contributed by atoms with E-state index in [2.05, 4.69) is 21.9 Å². The molecule has 114 valence electrons. The van der Waals surface area contributed by atoms with Gasteiger partial charge in [-0.25, -0.2) is 0 Å². The fourth-order valence-electron chi connectivity index (χ4n) is 3.66. The lowest BCUT2D eigenvalue weighted by Gasteiger charge is -2.39. The van der Waals surface area contributed by atoms with Gasteiger partial charge >= 0.3 is 0 Å². The van der Waals surface area contributed by atoms with Gasteiger partial charge in [-0.15, -0.1) is 0 Å². The molecular formula is C17H23ClN2O. The fraction of sp³-hybridized carbons (Fsp3) is 0.588. The Morgan fingerprint density at radius 3 is 2.33 bits per heavy atom. The van der Waals surface area contributed by atoms with Crippen molar-refractivity contribution in [2.45, 2.75) is 32.2 Å². The molecule has 3 rings (SSSR count). The van der Waals surface area contributed by atoms with Gasteiger partial charge in [-0.1, -0.05) is 11.6 Å². The number of benzene rings is 1. The van der Waals surface area contributed by atoms with Crippen LogP contribution in [0.2, 0.25) is 5.02 Å². The van der Waals surface area contributed by atoms with E-state index in [-0.39, 0.29) is 0 Å². The molecule has 2 aliphatic rings. The van der Waals surface area contributed by atoms with Crippen molar-refractivity contribution in [3.63, 3.8) is 0 Å². The molecule has 3 nitrogen and oxygen atoms in total. The number of nitrogens with zero attached hydrogens (tertiary/aromatic N) is 2. The summed E-state index contributed by atoms with van der Waals surface area (Å²) in [6.45, 7) is 6.05. The first-order chi connectivity index (χ1) is 10.1. The Labute approximate surface area is 131 Å². The monoisotopic (exact) mass is 306 g/mol. The largest absolute Gasteiger partial charge is 0.369 e. The Morgan fingerprint density at radius 2 is 1.76 bits per heavy atom. The predicted molar refractivity (Wildman–Crippen MR) is 87.0 cm³/mol. The van der Waals surface area contributed by atoms with Crippen LogP contribution in [-0.4, -0.2) is 42.9 Å². The Balaban J connectivity index is 1.53. The molecule has 1 aliphatic heterocycles. The molecule has 1 aliphatic carbocycles. The number of hydrogen-bond donors (Lipinski definition) is 0. The first-order valence-corrected chi connectivity index (χ1v) is 8.26. The summed E-state index contributed by atoms with van der Waals surface area (Å²) in [4.78, 5) is 16.5. The van der Waals surface area contributed by atoms with Crippen molar-refractivity contribution in [1.82, 2.24) is 4.90 Å². The van der Waals surface area contributed by atoms with E-state index >= 15 is 0 Å². The summed E-state index contributed by atoms with van der Waals surface area (Å²) in [7, 11) is 0. The number of hydrogen-bond acceptors (Lipinski definition) is 3. The maximum atomic E-state index is 11.5. The average Bonchev–Trinajstić information content (AvgIpc) is 2.98. The normalized spacial score (nSPS) is 27.0. The number of ketones is 1. The van der Waals surface area contributed by atoms with E-state index < -0.39 is 0 Å². The number of anilines is 1. The highest BCUT2D eigenvalue weighted by Crippen LogP contribution is 2.31. The van der Waals surface area contributed by atoms with Gasteiger partial charge in [-0.3, -0.25) is 9.69 Å². The summed E-state index contributed by atoms with van der Waals surface area (Å²) in [6.07, 6.45) is 3.33. The molecule has 0 radical (unpaired) electrons. The van der Waals surface area contributed by atoms with E-state index in [1.807, 2.05) is 12.1 Å². The van der Waals surface area contributed by atoms with Gasteiger partial charge in [0.1, 0.15) is 5.78 Å². The minimum atomic E-state index is 0.310. The Morgan fingerprint density at radius 1 is 1.10 bits per heavy atom. The first kappa shape index (κ1) is 14.9. The van der Waals surface area contributed by atoms with Gasteiger partial charge in [-0.05, 0) is 50.5 Å². The highest BCUT2D eigenvalue weighted by Gasteiger charge is 2.32. The standard InChI is InChI=1S/C17H23ClN2O/c1-13(21)14-2-5-17(12-14)20-10-8-19(9-11-20)16-6-3-15(18)4-7-16/h3-4,6-7,14,17H,2,5,8-12H2,1H3/t14-,17+/m1/s1. The highest BCUT2D eigenvalue weighted by molar-refractivity contribution is 6.30. The molecule has 1 heterocycles. The molecule has 0 spiro atoms. The smallest absolute Gasteiger partial charge is 0.132 e. The van der Waals surface area contributed by atoms with Crippen LogP contribution in [0, 0.1) is 5.92 Å². The van der Waals surface area contributed by atoms with Gasteiger partial charge in [0.15, 0.2) is 0 Å². The van der Waals surface area contributed by atoms with Crippen molar-refractivity contribution in [1.29, 1.82) is 0 Å². The molecule has 0 unspecified atom stereocenters. The summed E-state index contributed by atoms with van der Waals surface area (Å²) in [5, 5.41) is 0.790. The molecule has 0 bridgehead atoms. The fourth-order valence-corrected chi connectivity index (χ4v) is 3.78. The van der Waals surface area contributed by atoms with Gasteiger partial charge in [0, 0.05) is 48.8 Å². The van der Waals surface area contributed by atoms with E-state index in [1.165, 1.54) is 12.1 Å². The van der Waals surface area contributed by atoms with Crippen LogP contribution in [0.3, 0.4) is 0 Å². The van der Waals surface area contributed by atoms with E-state index in [0.717, 1.165) is 44.0 Å². The summed E-state index contributed by atoms with van der Waals surface area (Å²) < 4.78 is 0. The van der Waals surface area contributed by atoms with E-state index in [0.29, 0.717) is 17.7 Å². The van der Waals surface area contributed by atoms with Crippen LogP contribution < -0.4 is 4.90 Å². The van der Waals surface area contributed by atoms with Crippen molar-refractivity contribution < 1.29 is 4.79 Å². The van der Waals surface area contributed by atoms with Crippen LogP contribution in [0.5, 0.6) is 0 Å². The predicted octanol–water partition coefficient (Wildman–Crippen LogP) is 3.22. The summed E-state index contributed by atoms with van der Waals surface area (Å²) in [6, 6.07) is 8.72. The van der Waals surface area contributed by atoms with E-state index in [4.69, 9.17) is 11.6 Å².